The van der Waals surface area contributed by atoms with Gasteiger partial charge in [0.15, 0.2) is 0 Å². The van der Waals surface area contributed by atoms with Crippen molar-refractivity contribution in [3.63, 3.8) is 0 Å². The minimum Gasteiger partial charge on any atom is -0.396 e. The number of hydrogen-bond acceptors (Lipinski definition) is 3. The summed E-state index contributed by atoms with van der Waals surface area (Å²) < 4.78 is 0. The van der Waals surface area contributed by atoms with Crippen LogP contribution in [0.2, 0.25) is 0 Å². The predicted octanol–water partition coefficient (Wildman–Crippen LogP) is 0.656. The quantitative estimate of drug-likeness (QED) is 0.737. The highest BCUT2D eigenvalue weighted by Gasteiger charge is 2.23. The summed E-state index contributed by atoms with van der Waals surface area (Å²) >= 11 is 0. The van der Waals surface area contributed by atoms with Crippen LogP contribution in [0.15, 0.2) is 23.1 Å². The molecule has 0 bridgehead atoms. The Balaban J connectivity index is 1.99. The number of H-pyrrole nitrogens is 1. The molecule has 98 valence electrons. The number of aliphatic hydroxyl groups excluding tert-OH is 1. The van der Waals surface area contributed by atoms with Crippen LogP contribution in [0.1, 0.15) is 36.0 Å². The summed E-state index contributed by atoms with van der Waals surface area (Å²) in [5.74, 6) is -0.0708. The molecule has 0 saturated heterocycles. The first-order chi connectivity index (χ1) is 8.70. The van der Waals surface area contributed by atoms with Gasteiger partial charge >= 0.3 is 0 Å². The standard InChI is InChI=1S/C13H18N2O3/c16-8-9-3-1-4-10(7-9)15-13(18)11-5-2-6-14-12(11)17/h2,5-6,9-10,16H,1,3-4,7-8H2,(H,14,17)(H,15,18). The van der Waals surface area contributed by atoms with E-state index in [4.69, 9.17) is 5.11 Å². The fraction of sp³-hybridized carbons (Fsp3) is 0.538. The van der Waals surface area contributed by atoms with Crippen molar-refractivity contribution in [1.29, 1.82) is 0 Å². The van der Waals surface area contributed by atoms with Gasteiger partial charge in [0, 0.05) is 18.8 Å². The van der Waals surface area contributed by atoms with Gasteiger partial charge < -0.3 is 15.4 Å². The molecule has 1 fully saturated rings. The van der Waals surface area contributed by atoms with Gasteiger partial charge in [-0.25, -0.2) is 0 Å². The molecule has 0 spiro atoms. The summed E-state index contributed by atoms with van der Waals surface area (Å²) in [6, 6.07) is 3.21. The molecule has 1 aliphatic carbocycles. The Hall–Kier alpha value is -1.62. The zero-order valence-electron chi connectivity index (χ0n) is 10.2. The Labute approximate surface area is 105 Å². The van der Waals surface area contributed by atoms with E-state index < -0.39 is 0 Å². The third kappa shape index (κ3) is 2.98. The molecule has 1 aliphatic rings. The minimum absolute atomic E-state index is 0.0583. The van der Waals surface area contributed by atoms with Gasteiger partial charge in [0.05, 0.1) is 0 Å². The van der Waals surface area contributed by atoms with Crippen molar-refractivity contribution in [3.05, 3.63) is 34.2 Å². The number of carbonyl (C=O) groups is 1. The van der Waals surface area contributed by atoms with Gasteiger partial charge in [-0.1, -0.05) is 6.42 Å². The molecule has 0 aromatic carbocycles. The van der Waals surface area contributed by atoms with E-state index in [9.17, 15) is 9.59 Å². The Bertz CT molecular complexity index is 469. The first-order valence-electron chi connectivity index (χ1n) is 6.30. The molecule has 1 heterocycles. The lowest BCUT2D eigenvalue weighted by Gasteiger charge is -2.28. The number of aromatic amines is 1. The van der Waals surface area contributed by atoms with E-state index in [1.54, 1.807) is 6.07 Å². The Morgan fingerprint density at radius 3 is 3.06 bits per heavy atom. The van der Waals surface area contributed by atoms with E-state index in [1.807, 2.05) is 0 Å². The second kappa shape index (κ2) is 5.82. The molecule has 5 heteroatoms. The highest BCUT2D eigenvalue weighted by molar-refractivity contribution is 5.93. The molecule has 1 amide bonds. The van der Waals surface area contributed by atoms with Crippen molar-refractivity contribution >= 4 is 5.91 Å². The number of rotatable bonds is 3. The number of nitrogens with one attached hydrogen (secondary N) is 2. The van der Waals surface area contributed by atoms with Gasteiger partial charge in [0.25, 0.3) is 11.5 Å². The maximum absolute atomic E-state index is 11.9. The SMILES string of the molecule is O=C(NC1CCCC(CO)C1)c1ccc[nH]c1=O. The predicted molar refractivity (Wildman–Crippen MR) is 67.4 cm³/mol. The van der Waals surface area contributed by atoms with Crippen LogP contribution >= 0.6 is 0 Å². The number of pyridine rings is 1. The molecular weight excluding hydrogens is 232 g/mol. The van der Waals surface area contributed by atoms with Crippen molar-refractivity contribution in [1.82, 2.24) is 10.3 Å². The Kier molecular flexibility index (Phi) is 4.15. The number of aromatic nitrogens is 1. The normalized spacial score (nSPS) is 23.6. The number of amides is 1. The maximum atomic E-state index is 11.9. The summed E-state index contributed by atoms with van der Waals surface area (Å²) in [5.41, 5.74) is -0.229. The summed E-state index contributed by atoms with van der Waals surface area (Å²) in [7, 11) is 0. The van der Waals surface area contributed by atoms with Crippen LogP contribution in [0.5, 0.6) is 0 Å². The monoisotopic (exact) mass is 250 g/mol. The molecule has 0 radical (unpaired) electrons. The van der Waals surface area contributed by atoms with Crippen LogP contribution in [0, 0.1) is 5.92 Å². The molecule has 0 aliphatic heterocycles. The third-order valence-corrected chi connectivity index (χ3v) is 3.44. The van der Waals surface area contributed by atoms with Crippen molar-refractivity contribution in [2.75, 3.05) is 6.61 Å². The fourth-order valence-corrected chi connectivity index (χ4v) is 2.45. The van der Waals surface area contributed by atoms with Crippen molar-refractivity contribution in [3.8, 4) is 0 Å². The zero-order chi connectivity index (χ0) is 13.0. The maximum Gasteiger partial charge on any atom is 0.260 e. The van der Waals surface area contributed by atoms with Gasteiger partial charge in [-0.2, -0.15) is 0 Å². The molecule has 3 N–H and O–H groups in total. The molecule has 2 unspecified atom stereocenters. The lowest BCUT2D eigenvalue weighted by atomic mass is 9.86. The minimum atomic E-state index is -0.371. The number of carbonyl (C=O) groups excluding carboxylic acids is 1. The molecule has 5 nitrogen and oxygen atoms in total. The summed E-state index contributed by atoms with van der Waals surface area (Å²) in [6.45, 7) is 0.165. The van der Waals surface area contributed by atoms with Gasteiger partial charge in [-0.05, 0) is 37.3 Å². The van der Waals surface area contributed by atoms with Crippen LogP contribution in [-0.2, 0) is 0 Å². The molecule has 2 rings (SSSR count). The van der Waals surface area contributed by atoms with Crippen LogP contribution < -0.4 is 10.9 Å². The Morgan fingerprint density at radius 2 is 2.33 bits per heavy atom. The largest absolute Gasteiger partial charge is 0.396 e. The second-order valence-electron chi connectivity index (χ2n) is 4.80. The average molecular weight is 250 g/mol. The van der Waals surface area contributed by atoms with E-state index in [2.05, 4.69) is 10.3 Å². The topological polar surface area (TPSA) is 82.2 Å². The van der Waals surface area contributed by atoms with E-state index in [0.29, 0.717) is 0 Å². The van der Waals surface area contributed by atoms with Gasteiger partial charge in [0.2, 0.25) is 0 Å². The highest BCUT2D eigenvalue weighted by atomic mass is 16.3. The fourth-order valence-electron chi connectivity index (χ4n) is 2.45. The average Bonchev–Trinajstić information content (AvgIpc) is 2.39. The summed E-state index contributed by atoms with van der Waals surface area (Å²) in [5, 5.41) is 12.0. The van der Waals surface area contributed by atoms with Crippen LogP contribution in [0.25, 0.3) is 0 Å². The molecular formula is C13H18N2O3. The lowest BCUT2D eigenvalue weighted by Crippen LogP contribution is -2.40. The Morgan fingerprint density at radius 1 is 1.50 bits per heavy atom. The lowest BCUT2D eigenvalue weighted by molar-refractivity contribution is 0.0904. The van der Waals surface area contributed by atoms with Crippen molar-refractivity contribution < 1.29 is 9.90 Å². The first kappa shape index (κ1) is 12.8. The number of hydrogen-bond donors (Lipinski definition) is 3. The van der Waals surface area contributed by atoms with Gasteiger partial charge in [0.1, 0.15) is 5.56 Å². The van der Waals surface area contributed by atoms with Gasteiger partial charge in [-0.15, -0.1) is 0 Å². The molecule has 1 aromatic rings. The first-order valence-corrected chi connectivity index (χ1v) is 6.30. The highest BCUT2D eigenvalue weighted by Crippen LogP contribution is 2.23. The third-order valence-electron chi connectivity index (χ3n) is 3.44. The van der Waals surface area contributed by atoms with E-state index >= 15 is 0 Å². The molecule has 18 heavy (non-hydrogen) atoms. The van der Waals surface area contributed by atoms with Crippen LogP contribution in [0.3, 0.4) is 0 Å². The number of aliphatic hydroxyl groups is 1. The van der Waals surface area contributed by atoms with Crippen LogP contribution in [-0.4, -0.2) is 28.6 Å². The van der Waals surface area contributed by atoms with Crippen molar-refractivity contribution in [2.45, 2.75) is 31.7 Å². The van der Waals surface area contributed by atoms with Gasteiger partial charge in [-0.3, -0.25) is 9.59 Å². The summed E-state index contributed by atoms with van der Waals surface area (Å²) in [6.07, 6.45) is 5.21. The molecule has 2 atom stereocenters. The van der Waals surface area contributed by atoms with Crippen molar-refractivity contribution in [2.24, 2.45) is 5.92 Å². The van der Waals surface area contributed by atoms with E-state index in [1.165, 1.54) is 12.3 Å². The second-order valence-corrected chi connectivity index (χ2v) is 4.80. The van der Waals surface area contributed by atoms with E-state index in [0.717, 1.165) is 25.7 Å². The smallest absolute Gasteiger partial charge is 0.260 e. The molecule has 1 saturated carbocycles. The summed E-state index contributed by atoms with van der Waals surface area (Å²) in [4.78, 5) is 25.9. The van der Waals surface area contributed by atoms with Crippen LogP contribution in [0.4, 0.5) is 0 Å². The van der Waals surface area contributed by atoms with E-state index in [-0.39, 0.29) is 35.6 Å². The molecule has 1 aromatic heterocycles. The zero-order valence-corrected chi connectivity index (χ0v) is 10.2.